The van der Waals surface area contributed by atoms with E-state index in [1.165, 1.54) is 4.57 Å². The third kappa shape index (κ3) is 2.62. The Hall–Kier alpha value is -0.810. The van der Waals surface area contributed by atoms with E-state index in [1.54, 1.807) is 6.20 Å². The monoisotopic (exact) mass is 373 g/mol. The molecule has 0 aliphatic rings. The van der Waals surface area contributed by atoms with E-state index in [0.717, 1.165) is 19.8 Å². The van der Waals surface area contributed by atoms with Crippen molar-refractivity contribution in [3.8, 4) is 0 Å². The minimum Gasteiger partial charge on any atom is -0.443 e. The summed E-state index contributed by atoms with van der Waals surface area (Å²) in [6.07, 6.45) is 1.35. The summed E-state index contributed by atoms with van der Waals surface area (Å²) in [5, 5.41) is 0.961. The van der Waals surface area contributed by atoms with Crippen LogP contribution in [0.3, 0.4) is 0 Å². The molecule has 0 saturated heterocycles. The summed E-state index contributed by atoms with van der Waals surface area (Å²) in [4.78, 5) is 12.1. The first-order chi connectivity index (χ1) is 8.29. The molecule has 1 aromatic heterocycles. The topological polar surface area (TPSA) is 31.2 Å². The molecule has 0 aliphatic carbocycles. The van der Waals surface area contributed by atoms with E-state index >= 15 is 0 Å². The third-order valence-corrected chi connectivity index (χ3v) is 3.58. The first kappa shape index (κ1) is 13.6. The van der Waals surface area contributed by atoms with Crippen molar-refractivity contribution in [3.63, 3.8) is 0 Å². The van der Waals surface area contributed by atoms with Crippen molar-refractivity contribution >= 4 is 48.9 Å². The molecule has 0 saturated carbocycles. The number of halogens is 2. The van der Waals surface area contributed by atoms with Gasteiger partial charge in [0.05, 0.1) is 5.52 Å². The lowest BCUT2D eigenvalue weighted by molar-refractivity contribution is 0.0544. The zero-order valence-corrected chi connectivity index (χ0v) is 13.5. The number of aromatic nitrogens is 1. The summed E-state index contributed by atoms with van der Waals surface area (Å²) >= 11 is 6.93. The predicted octanol–water partition coefficient (Wildman–Crippen LogP) is 4.95. The number of carbonyl (C=O) groups excluding carboxylic acids is 1. The molecule has 0 radical (unpaired) electrons. The van der Waals surface area contributed by atoms with Gasteiger partial charge in [0.25, 0.3) is 0 Å². The Morgan fingerprint density at radius 1 is 1.22 bits per heavy atom. The zero-order chi connectivity index (χ0) is 13.5. The Bertz CT molecular complexity index is 611. The minimum absolute atomic E-state index is 0.378. The van der Waals surface area contributed by atoms with Crippen LogP contribution in [0.15, 0.2) is 33.3 Å². The average molecular weight is 375 g/mol. The first-order valence-corrected chi connectivity index (χ1v) is 7.06. The van der Waals surface area contributed by atoms with E-state index < -0.39 is 5.60 Å². The largest absolute Gasteiger partial charge is 0.443 e. The average Bonchev–Trinajstić information content (AvgIpc) is 2.55. The molecule has 96 valence electrons. The highest BCUT2D eigenvalue weighted by molar-refractivity contribution is 9.11. The molecule has 3 nitrogen and oxygen atoms in total. The Morgan fingerprint density at radius 3 is 2.50 bits per heavy atom. The van der Waals surface area contributed by atoms with Crippen LogP contribution in [0.2, 0.25) is 0 Å². The molecule has 0 unspecified atom stereocenters. The van der Waals surface area contributed by atoms with Crippen molar-refractivity contribution in [1.29, 1.82) is 0 Å². The van der Waals surface area contributed by atoms with Crippen LogP contribution in [-0.4, -0.2) is 16.3 Å². The first-order valence-electron chi connectivity index (χ1n) is 5.48. The van der Waals surface area contributed by atoms with Crippen LogP contribution in [0.25, 0.3) is 10.9 Å². The van der Waals surface area contributed by atoms with Crippen LogP contribution in [0.1, 0.15) is 20.8 Å². The summed E-state index contributed by atoms with van der Waals surface area (Å²) in [5.41, 5.74) is 0.303. The highest BCUT2D eigenvalue weighted by atomic mass is 79.9. The summed E-state index contributed by atoms with van der Waals surface area (Å²) < 4.78 is 8.68. The Labute approximate surface area is 122 Å². The van der Waals surface area contributed by atoms with Crippen LogP contribution in [0.5, 0.6) is 0 Å². The molecule has 0 fully saturated rings. The highest BCUT2D eigenvalue weighted by Crippen LogP contribution is 2.32. The lowest BCUT2D eigenvalue weighted by Gasteiger charge is -2.19. The summed E-state index contributed by atoms with van der Waals surface area (Å²) in [6, 6.07) is 5.71. The molecule has 1 heterocycles. The summed E-state index contributed by atoms with van der Waals surface area (Å²) in [5.74, 6) is 0. The van der Waals surface area contributed by atoms with Crippen molar-refractivity contribution in [2.45, 2.75) is 26.4 Å². The van der Waals surface area contributed by atoms with Crippen LogP contribution in [0, 0.1) is 0 Å². The van der Waals surface area contributed by atoms with Gasteiger partial charge in [-0.3, -0.25) is 4.57 Å². The zero-order valence-electron chi connectivity index (χ0n) is 10.3. The number of carbonyl (C=O) groups is 1. The van der Waals surface area contributed by atoms with E-state index in [-0.39, 0.29) is 6.09 Å². The second kappa shape index (κ2) is 4.70. The molecule has 0 aliphatic heterocycles. The van der Waals surface area contributed by atoms with Gasteiger partial charge in [0.15, 0.2) is 0 Å². The minimum atomic E-state index is -0.508. The fraction of sp³-hybridized carbons (Fsp3) is 0.308. The summed E-state index contributed by atoms with van der Waals surface area (Å²) in [6.45, 7) is 5.55. The molecule has 18 heavy (non-hydrogen) atoms. The second-order valence-corrected chi connectivity index (χ2v) is 6.67. The van der Waals surface area contributed by atoms with Gasteiger partial charge in [0, 0.05) is 20.5 Å². The van der Waals surface area contributed by atoms with Crippen molar-refractivity contribution < 1.29 is 9.53 Å². The predicted molar refractivity (Wildman–Crippen MR) is 79.0 cm³/mol. The molecule has 0 atom stereocenters. The number of nitrogens with zero attached hydrogens (tertiary/aromatic N) is 1. The number of fused-ring (bicyclic) bond motifs is 1. The Morgan fingerprint density at radius 2 is 1.89 bits per heavy atom. The Balaban J connectivity index is 2.53. The van der Waals surface area contributed by atoms with Gasteiger partial charge < -0.3 is 4.74 Å². The molecule has 2 aromatic rings. The van der Waals surface area contributed by atoms with E-state index in [0.29, 0.717) is 0 Å². The highest BCUT2D eigenvalue weighted by Gasteiger charge is 2.20. The van der Waals surface area contributed by atoms with Crippen molar-refractivity contribution in [1.82, 2.24) is 4.57 Å². The van der Waals surface area contributed by atoms with Gasteiger partial charge in [-0.05, 0) is 48.8 Å². The number of hydrogen-bond donors (Lipinski definition) is 0. The maximum absolute atomic E-state index is 12.1. The van der Waals surface area contributed by atoms with Crippen LogP contribution >= 0.6 is 31.9 Å². The number of rotatable bonds is 0. The van der Waals surface area contributed by atoms with E-state index in [4.69, 9.17) is 4.74 Å². The fourth-order valence-electron chi connectivity index (χ4n) is 1.66. The molecule has 1 aromatic carbocycles. The van der Waals surface area contributed by atoms with Crippen molar-refractivity contribution in [2.24, 2.45) is 0 Å². The van der Waals surface area contributed by atoms with Gasteiger partial charge in [-0.25, -0.2) is 4.79 Å². The van der Waals surface area contributed by atoms with E-state index in [9.17, 15) is 4.79 Å². The molecular formula is C13H13Br2NO2. The molecule has 0 bridgehead atoms. The number of ether oxygens (including phenoxy) is 1. The van der Waals surface area contributed by atoms with Gasteiger partial charge in [-0.1, -0.05) is 22.0 Å². The lowest BCUT2D eigenvalue weighted by atomic mass is 10.2. The second-order valence-electron chi connectivity index (χ2n) is 4.96. The van der Waals surface area contributed by atoms with E-state index in [2.05, 4.69) is 31.9 Å². The van der Waals surface area contributed by atoms with Crippen LogP contribution < -0.4 is 0 Å². The Kier molecular flexibility index (Phi) is 3.56. The van der Waals surface area contributed by atoms with Gasteiger partial charge in [-0.2, -0.15) is 0 Å². The smallest absolute Gasteiger partial charge is 0.419 e. The lowest BCUT2D eigenvalue weighted by Crippen LogP contribution is -2.26. The normalized spacial score (nSPS) is 11.8. The maximum atomic E-state index is 12.1. The molecule has 0 spiro atoms. The van der Waals surface area contributed by atoms with Gasteiger partial charge in [0.1, 0.15) is 5.60 Å². The van der Waals surface area contributed by atoms with Gasteiger partial charge in [0.2, 0.25) is 0 Å². The van der Waals surface area contributed by atoms with Crippen molar-refractivity contribution in [2.75, 3.05) is 0 Å². The van der Waals surface area contributed by atoms with Crippen LogP contribution in [0.4, 0.5) is 4.79 Å². The SMILES string of the molecule is CC(C)(C)OC(=O)n1cc(Br)c2c(Br)cccc21. The van der Waals surface area contributed by atoms with Crippen molar-refractivity contribution in [3.05, 3.63) is 33.3 Å². The number of hydrogen-bond acceptors (Lipinski definition) is 2. The molecule has 2 rings (SSSR count). The summed E-state index contributed by atoms with van der Waals surface area (Å²) in [7, 11) is 0. The van der Waals surface area contributed by atoms with E-state index in [1.807, 2.05) is 39.0 Å². The number of benzene rings is 1. The molecule has 0 N–H and O–H groups in total. The third-order valence-electron chi connectivity index (χ3n) is 2.32. The molecule has 5 heteroatoms. The fourth-order valence-corrected chi connectivity index (χ4v) is 3.12. The van der Waals surface area contributed by atoms with Gasteiger partial charge in [-0.15, -0.1) is 0 Å². The van der Waals surface area contributed by atoms with Crippen LogP contribution in [-0.2, 0) is 4.74 Å². The standard InChI is InChI=1S/C13H13Br2NO2/c1-13(2,3)18-12(17)16-7-9(15)11-8(14)5-4-6-10(11)16/h4-7H,1-3H3. The quantitative estimate of drug-likeness (QED) is 0.653. The molecule has 0 amide bonds. The molecular weight excluding hydrogens is 362 g/mol. The maximum Gasteiger partial charge on any atom is 0.419 e. The van der Waals surface area contributed by atoms with Gasteiger partial charge >= 0.3 is 6.09 Å².